The third kappa shape index (κ3) is 3.40. The number of ether oxygens (including phenoxy) is 1. The molecule has 23 heavy (non-hydrogen) atoms. The Labute approximate surface area is 138 Å². The van der Waals surface area contributed by atoms with Crippen molar-refractivity contribution in [3.05, 3.63) is 34.6 Å². The number of hydrogen-bond acceptors (Lipinski definition) is 5. The topological polar surface area (TPSA) is 87.2 Å². The van der Waals surface area contributed by atoms with Crippen LogP contribution in [-0.4, -0.2) is 33.4 Å². The molecule has 122 valence electrons. The number of carbonyl (C=O) groups is 1. The molecule has 2 heterocycles. The van der Waals surface area contributed by atoms with Gasteiger partial charge in [-0.2, -0.15) is 0 Å². The first kappa shape index (κ1) is 16.0. The fourth-order valence-electron chi connectivity index (χ4n) is 2.61. The highest BCUT2D eigenvalue weighted by Gasteiger charge is 2.22. The summed E-state index contributed by atoms with van der Waals surface area (Å²) in [5.41, 5.74) is 5.87. The van der Waals surface area contributed by atoms with E-state index in [0.717, 1.165) is 19.4 Å². The van der Waals surface area contributed by atoms with Crippen LogP contribution in [0.15, 0.2) is 34.2 Å². The largest absolute Gasteiger partial charge is 0.376 e. The second kappa shape index (κ2) is 6.72. The molecule has 0 radical (unpaired) electrons. The van der Waals surface area contributed by atoms with Crippen molar-refractivity contribution < 1.29 is 9.53 Å². The summed E-state index contributed by atoms with van der Waals surface area (Å²) >= 11 is 1.21. The number of rotatable bonds is 5. The maximum atomic E-state index is 12.8. The first-order chi connectivity index (χ1) is 11.1. The molecule has 2 N–H and O–H groups in total. The van der Waals surface area contributed by atoms with Crippen molar-refractivity contribution in [1.29, 1.82) is 0 Å². The smallest absolute Gasteiger partial charge is 0.262 e. The van der Waals surface area contributed by atoms with E-state index in [4.69, 9.17) is 10.5 Å². The van der Waals surface area contributed by atoms with Crippen molar-refractivity contribution >= 4 is 28.6 Å². The minimum absolute atomic E-state index is 0.0129. The minimum Gasteiger partial charge on any atom is -0.376 e. The van der Waals surface area contributed by atoms with E-state index in [9.17, 15) is 9.59 Å². The molecule has 0 unspecified atom stereocenters. The number of benzene rings is 1. The minimum atomic E-state index is -0.459. The van der Waals surface area contributed by atoms with Crippen molar-refractivity contribution in [1.82, 2.24) is 9.55 Å². The van der Waals surface area contributed by atoms with E-state index in [1.54, 1.807) is 23.6 Å². The van der Waals surface area contributed by atoms with Gasteiger partial charge >= 0.3 is 0 Å². The number of para-hydroxylation sites is 1. The second-order valence-electron chi connectivity index (χ2n) is 5.62. The van der Waals surface area contributed by atoms with Gasteiger partial charge in [0.25, 0.3) is 5.56 Å². The molecule has 2 aromatic rings. The molecule has 1 amide bonds. The summed E-state index contributed by atoms with van der Waals surface area (Å²) in [5, 5.41) is 0.621. The van der Waals surface area contributed by atoms with E-state index < -0.39 is 11.2 Å². The summed E-state index contributed by atoms with van der Waals surface area (Å²) in [5.74, 6) is -0.430. The SMILES string of the molecule is C[C@H](Sc1nc2ccccc2c(=O)n1C[C@H]1CCCO1)C(N)=O. The molecule has 0 spiro atoms. The van der Waals surface area contributed by atoms with Gasteiger partial charge in [0.15, 0.2) is 5.16 Å². The highest BCUT2D eigenvalue weighted by Crippen LogP contribution is 2.24. The number of carbonyl (C=O) groups excluding carboxylic acids is 1. The summed E-state index contributed by atoms with van der Waals surface area (Å²) in [6.45, 7) is 2.88. The van der Waals surface area contributed by atoms with Crippen LogP contribution < -0.4 is 11.3 Å². The molecule has 0 bridgehead atoms. The Morgan fingerprint density at radius 2 is 2.30 bits per heavy atom. The Balaban J connectivity index is 2.06. The first-order valence-electron chi connectivity index (χ1n) is 7.63. The van der Waals surface area contributed by atoms with Crippen molar-refractivity contribution in [2.75, 3.05) is 6.61 Å². The third-order valence-corrected chi connectivity index (χ3v) is 5.03. The maximum absolute atomic E-state index is 12.8. The van der Waals surface area contributed by atoms with Gasteiger partial charge in [0.1, 0.15) is 0 Å². The molecule has 6 nitrogen and oxygen atoms in total. The molecule has 2 atom stereocenters. The van der Waals surface area contributed by atoms with Gasteiger partial charge in [-0.25, -0.2) is 4.98 Å². The molecule has 1 aromatic carbocycles. The maximum Gasteiger partial charge on any atom is 0.262 e. The van der Waals surface area contributed by atoms with Crippen LogP contribution in [0.4, 0.5) is 0 Å². The zero-order chi connectivity index (χ0) is 16.4. The van der Waals surface area contributed by atoms with E-state index in [0.29, 0.717) is 22.6 Å². The Morgan fingerprint density at radius 1 is 1.52 bits per heavy atom. The van der Waals surface area contributed by atoms with Crippen molar-refractivity contribution in [3.8, 4) is 0 Å². The van der Waals surface area contributed by atoms with Gasteiger partial charge in [0.05, 0.1) is 28.8 Å². The van der Waals surface area contributed by atoms with E-state index in [2.05, 4.69) is 4.98 Å². The monoisotopic (exact) mass is 333 g/mol. The molecular weight excluding hydrogens is 314 g/mol. The van der Waals surface area contributed by atoms with Gasteiger partial charge in [0, 0.05) is 6.61 Å². The summed E-state index contributed by atoms with van der Waals surface area (Å²) in [4.78, 5) is 28.8. The fraction of sp³-hybridized carbons (Fsp3) is 0.438. The van der Waals surface area contributed by atoms with E-state index in [1.807, 2.05) is 12.1 Å². The van der Waals surface area contributed by atoms with Crippen LogP contribution in [0.5, 0.6) is 0 Å². The summed E-state index contributed by atoms with van der Waals surface area (Å²) in [7, 11) is 0. The predicted molar refractivity (Wildman–Crippen MR) is 89.5 cm³/mol. The molecular formula is C16H19N3O3S. The Bertz CT molecular complexity index is 784. The van der Waals surface area contributed by atoms with E-state index >= 15 is 0 Å². The molecule has 1 aromatic heterocycles. The van der Waals surface area contributed by atoms with Crippen LogP contribution in [0.2, 0.25) is 0 Å². The number of amides is 1. The number of nitrogens with two attached hydrogens (primary N) is 1. The lowest BCUT2D eigenvalue weighted by molar-refractivity contribution is -0.117. The molecule has 0 saturated carbocycles. The Morgan fingerprint density at radius 3 is 3.00 bits per heavy atom. The van der Waals surface area contributed by atoms with Gasteiger partial charge in [-0.05, 0) is 31.9 Å². The number of aromatic nitrogens is 2. The lowest BCUT2D eigenvalue weighted by Gasteiger charge is -2.17. The van der Waals surface area contributed by atoms with Crippen LogP contribution in [0.1, 0.15) is 19.8 Å². The van der Waals surface area contributed by atoms with Crippen molar-refractivity contribution in [3.63, 3.8) is 0 Å². The van der Waals surface area contributed by atoms with Crippen molar-refractivity contribution in [2.45, 2.75) is 42.8 Å². The molecule has 7 heteroatoms. The van der Waals surface area contributed by atoms with Gasteiger partial charge in [-0.3, -0.25) is 14.2 Å². The first-order valence-corrected chi connectivity index (χ1v) is 8.51. The highest BCUT2D eigenvalue weighted by molar-refractivity contribution is 8.00. The average Bonchev–Trinajstić information content (AvgIpc) is 3.04. The van der Waals surface area contributed by atoms with E-state index in [1.165, 1.54) is 11.8 Å². The average molecular weight is 333 g/mol. The highest BCUT2D eigenvalue weighted by atomic mass is 32.2. The Kier molecular flexibility index (Phi) is 4.68. The molecule has 0 aliphatic carbocycles. The lowest BCUT2D eigenvalue weighted by atomic mass is 10.2. The third-order valence-electron chi connectivity index (χ3n) is 3.92. The van der Waals surface area contributed by atoms with Gasteiger partial charge in [-0.1, -0.05) is 23.9 Å². The lowest BCUT2D eigenvalue weighted by Crippen LogP contribution is -2.30. The molecule has 1 fully saturated rings. The van der Waals surface area contributed by atoms with Gasteiger partial charge < -0.3 is 10.5 Å². The van der Waals surface area contributed by atoms with Crippen LogP contribution in [0.3, 0.4) is 0 Å². The van der Waals surface area contributed by atoms with Crippen LogP contribution in [-0.2, 0) is 16.1 Å². The van der Waals surface area contributed by atoms with Crippen molar-refractivity contribution in [2.24, 2.45) is 5.73 Å². The zero-order valence-electron chi connectivity index (χ0n) is 12.9. The Hall–Kier alpha value is -1.86. The summed E-state index contributed by atoms with van der Waals surface area (Å²) < 4.78 is 7.26. The number of primary amides is 1. The molecule has 1 saturated heterocycles. The summed E-state index contributed by atoms with van der Waals surface area (Å²) in [6, 6.07) is 7.22. The number of fused-ring (bicyclic) bond motifs is 1. The zero-order valence-corrected chi connectivity index (χ0v) is 13.7. The molecule has 3 rings (SSSR count). The molecule has 1 aliphatic heterocycles. The molecule has 1 aliphatic rings. The predicted octanol–water partition coefficient (Wildman–Crippen LogP) is 1.54. The van der Waals surface area contributed by atoms with Gasteiger partial charge in [0.2, 0.25) is 5.91 Å². The van der Waals surface area contributed by atoms with Crippen LogP contribution >= 0.6 is 11.8 Å². The summed E-state index contributed by atoms with van der Waals surface area (Å²) in [6.07, 6.45) is 1.94. The normalized spacial score (nSPS) is 19.1. The quantitative estimate of drug-likeness (QED) is 0.662. The van der Waals surface area contributed by atoms with Crippen LogP contribution in [0, 0.1) is 0 Å². The second-order valence-corrected chi connectivity index (χ2v) is 6.93. The number of hydrogen-bond donors (Lipinski definition) is 1. The fourth-order valence-corrected chi connectivity index (χ4v) is 3.47. The number of nitrogens with zero attached hydrogens (tertiary/aromatic N) is 2. The van der Waals surface area contributed by atoms with Gasteiger partial charge in [-0.15, -0.1) is 0 Å². The van der Waals surface area contributed by atoms with E-state index in [-0.39, 0.29) is 11.7 Å². The standard InChI is InChI=1S/C16H19N3O3S/c1-10(14(17)20)23-16-18-13-7-3-2-6-12(13)15(21)19(16)9-11-5-4-8-22-11/h2-3,6-7,10-11H,4-5,8-9H2,1H3,(H2,17,20)/t10-,11+/m0/s1. The number of thioether (sulfide) groups is 1. The van der Waals surface area contributed by atoms with Crippen LogP contribution in [0.25, 0.3) is 10.9 Å².